The summed E-state index contributed by atoms with van der Waals surface area (Å²) in [6.07, 6.45) is -4.68. The van der Waals surface area contributed by atoms with Gasteiger partial charge in [0.1, 0.15) is 5.75 Å². The quantitative estimate of drug-likeness (QED) is 0.796. The molecule has 76 valence electrons. The Labute approximate surface area is 85.5 Å². The average Bonchev–Trinajstić information content (AvgIpc) is 2.01. The van der Waals surface area contributed by atoms with Crippen LogP contribution < -0.4 is 0 Å². The number of aldehydes is 1. The van der Waals surface area contributed by atoms with Gasteiger partial charge in [-0.05, 0) is 12.1 Å². The first-order valence-corrected chi connectivity index (χ1v) is 4.20. The minimum absolute atomic E-state index is 0.0232. The molecule has 0 aliphatic heterocycles. The van der Waals surface area contributed by atoms with Crippen molar-refractivity contribution in [1.82, 2.24) is 0 Å². The van der Waals surface area contributed by atoms with Crippen LogP contribution in [-0.4, -0.2) is 11.4 Å². The van der Waals surface area contributed by atoms with Gasteiger partial charge in [0.2, 0.25) is 0 Å². The van der Waals surface area contributed by atoms with Crippen molar-refractivity contribution in [1.29, 1.82) is 0 Å². The minimum Gasteiger partial charge on any atom is -0.507 e. The first kappa shape index (κ1) is 11.0. The number of rotatable bonds is 1. The lowest BCUT2D eigenvalue weighted by Gasteiger charge is -2.10. The van der Waals surface area contributed by atoms with E-state index in [4.69, 9.17) is 5.11 Å². The van der Waals surface area contributed by atoms with E-state index < -0.39 is 23.1 Å². The lowest BCUT2D eigenvalue weighted by Crippen LogP contribution is -2.09. The molecule has 0 aliphatic carbocycles. The molecule has 0 atom stereocenters. The maximum absolute atomic E-state index is 12.3. The normalized spacial score (nSPS) is 11.4. The SMILES string of the molecule is O=Cc1c(O)cc(Br)cc1C(F)(F)F. The molecule has 0 amide bonds. The van der Waals surface area contributed by atoms with Crippen molar-refractivity contribution in [2.45, 2.75) is 6.18 Å². The van der Waals surface area contributed by atoms with Crippen molar-refractivity contribution in [3.05, 3.63) is 27.7 Å². The van der Waals surface area contributed by atoms with Gasteiger partial charge in [0.25, 0.3) is 0 Å². The molecule has 0 saturated heterocycles. The fourth-order valence-electron chi connectivity index (χ4n) is 0.962. The van der Waals surface area contributed by atoms with E-state index in [1.54, 1.807) is 0 Å². The molecule has 6 heteroatoms. The maximum atomic E-state index is 12.3. The minimum atomic E-state index is -4.66. The van der Waals surface area contributed by atoms with E-state index in [-0.39, 0.29) is 10.8 Å². The standard InChI is InChI=1S/C8H4BrF3O2/c9-4-1-6(8(10,11)12)5(3-13)7(14)2-4/h1-3,14H. The van der Waals surface area contributed by atoms with E-state index in [1.165, 1.54) is 0 Å². The second kappa shape index (κ2) is 3.61. The Kier molecular flexibility index (Phi) is 2.84. The summed E-state index contributed by atoms with van der Waals surface area (Å²) in [5.41, 5.74) is -1.90. The maximum Gasteiger partial charge on any atom is 0.417 e. The van der Waals surface area contributed by atoms with Gasteiger partial charge in [0.15, 0.2) is 6.29 Å². The highest BCUT2D eigenvalue weighted by molar-refractivity contribution is 9.10. The predicted molar refractivity (Wildman–Crippen MR) is 46.2 cm³/mol. The van der Waals surface area contributed by atoms with Crippen LogP contribution in [0.3, 0.4) is 0 Å². The Bertz CT molecular complexity index is 374. The fourth-order valence-corrected chi connectivity index (χ4v) is 1.41. The van der Waals surface area contributed by atoms with Crippen LogP contribution >= 0.6 is 15.9 Å². The van der Waals surface area contributed by atoms with Crippen LogP contribution in [0.1, 0.15) is 15.9 Å². The first-order chi connectivity index (χ1) is 6.36. The van der Waals surface area contributed by atoms with Gasteiger partial charge in [-0.3, -0.25) is 4.79 Å². The number of alkyl halides is 3. The summed E-state index contributed by atoms with van der Waals surface area (Å²) < 4.78 is 37.0. The predicted octanol–water partition coefficient (Wildman–Crippen LogP) is 2.99. The van der Waals surface area contributed by atoms with Crippen LogP contribution in [0.5, 0.6) is 5.75 Å². The molecule has 0 aliphatic rings. The largest absolute Gasteiger partial charge is 0.507 e. The lowest BCUT2D eigenvalue weighted by atomic mass is 10.1. The molecule has 0 unspecified atom stereocenters. The molecule has 0 bridgehead atoms. The Balaban J connectivity index is 3.48. The third-order valence-electron chi connectivity index (χ3n) is 1.55. The van der Waals surface area contributed by atoms with E-state index in [0.29, 0.717) is 0 Å². The highest BCUT2D eigenvalue weighted by atomic mass is 79.9. The highest BCUT2D eigenvalue weighted by Crippen LogP contribution is 2.36. The highest BCUT2D eigenvalue weighted by Gasteiger charge is 2.34. The van der Waals surface area contributed by atoms with E-state index in [0.717, 1.165) is 12.1 Å². The number of hydrogen-bond acceptors (Lipinski definition) is 2. The molecule has 0 aromatic heterocycles. The fraction of sp³-hybridized carbons (Fsp3) is 0.125. The molecular formula is C8H4BrF3O2. The molecule has 0 spiro atoms. The van der Waals surface area contributed by atoms with E-state index in [2.05, 4.69) is 15.9 Å². The first-order valence-electron chi connectivity index (χ1n) is 3.41. The van der Waals surface area contributed by atoms with Gasteiger partial charge in [0, 0.05) is 4.47 Å². The third kappa shape index (κ3) is 2.06. The van der Waals surface area contributed by atoms with Gasteiger partial charge in [0.05, 0.1) is 11.1 Å². The zero-order chi connectivity index (χ0) is 10.9. The van der Waals surface area contributed by atoms with Crippen molar-refractivity contribution in [3.8, 4) is 5.75 Å². The Morgan fingerprint density at radius 3 is 2.36 bits per heavy atom. The summed E-state index contributed by atoms with van der Waals surface area (Å²) in [4.78, 5) is 10.3. The molecule has 1 N–H and O–H groups in total. The molecule has 0 radical (unpaired) electrons. The van der Waals surface area contributed by atoms with Gasteiger partial charge in [-0.25, -0.2) is 0 Å². The zero-order valence-electron chi connectivity index (χ0n) is 6.60. The second-order valence-electron chi connectivity index (χ2n) is 2.50. The number of carbonyl (C=O) groups is 1. The van der Waals surface area contributed by atoms with Crippen LogP contribution in [0, 0.1) is 0 Å². The Hall–Kier alpha value is -1.04. The van der Waals surface area contributed by atoms with Crippen molar-refractivity contribution in [3.63, 3.8) is 0 Å². The molecular weight excluding hydrogens is 265 g/mol. The number of carbonyl (C=O) groups excluding carboxylic acids is 1. The molecule has 0 saturated carbocycles. The summed E-state index contributed by atoms with van der Waals surface area (Å²) in [6.45, 7) is 0. The van der Waals surface area contributed by atoms with Crippen molar-refractivity contribution in [2.75, 3.05) is 0 Å². The van der Waals surface area contributed by atoms with Crippen LogP contribution in [0.4, 0.5) is 13.2 Å². The van der Waals surface area contributed by atoms with Gasteiger partial charge >= 0.3 is 6.18 Å². The topological polar surface area (TPSA) is 37.3 Å². The molecule has 1 aromatic carbocycles. The van der Waals surface area contributed by atoms with Crippen LogP contribution in [0.15, 0.2) is 16.6 Å². The van der Waals surface area contributed by atoms with Crippen molar-refractivity contribution >= 4 is 22.2 Å². The lowest BCUT2D eigenvalue weighted by molar-refractivity contribution is -0.138. The van der Waals surface area contributed by atoms with Gasteiger partial charge in [-0.15, -0.1) is 0 Å². The third-order valence-corrected chi connectivity index (χ3v) is 2.00. The summed E-state index contributed by atoms with van der Waals surface area (Å²) in [7, 11) is 0. The monoisotopic (exact) mass is 268 g/mol. The number of phenolic OH excluding ortho intramolecular Hbond substituents is 1. The van der Waals surface area contributed by atoms with E-state index in [1.807, 2.05) is 0 Å². The second-order valence-corrected chi connectivity index (χ2v) is 3.42. The zero-order valence-corrected chi connectivity index (χ0v) is 8.19. The number of hydrogen-bond donors (Lipinski definition) is 1. The summed E-state index contributed by atoms with van der Waals surface area (Å²) >= 11 is 2.79. The molecule has 0 fully saturated rings. The van der Waals surface area contributed by atoms with Crippen LogP contribution in [0.25, 0.3) is 0 Å². The Morgan fingerprint density at radius 2 is 1.93 bits per heavy atom. The average molecular weight is 269 g/mol. The number of benzene rings is 1. The van der Waals surface area contributed by atoms with Crippen molar-refractivity contribution in [2.24, 2.45) is 0 Å². The van der Waals surface area contributed by atoms with Gasteiger partial charge in [-0.2, -0.15) is 13.2 Å². The molecule has 1 aromatic rings. The van der Waals surface area contributed by atoms with Crippen LogP contribution in [-0.2, 0) is 6.18 Å². The Morgan fingerprint density at radius 1 is 1.36 bits per heavy atom. The van der Waals surface area contributed by atoms with E-state index in [9.17, 15) is 18.0 Å². The van der Waals surface area contributed by atoms with E-state index >= 15 is 0 Å². The summed E-state index contributed by atoms with van der Waals surface area (Å²) in [6, 6.07) is 1.77. The number of phenols is 1. The summed E-state index contributed by atoms with van der Waals surface area (Å²) in [5, 5.41) is 9.07. The van der Waals surface area contributed by atoms with Crippen LogP contribution in [0.2, 0.25) is 0 Å². The molecule has 0 heterocycles. The van der Waals surface area contributed by atoms with Gasteiger partial charge < -0.3 is 5.11 Å². The molecule has 1 rings (SSSR count). The smallest absolute Gasteiger partial charge is 0.417 e. The molecule has 2 nitrogen and oxygen atoms in total. The summed E-state index contributed by atoms with van der Waals surface area (Å²) in [5.74, 6) is -0.693. The number of aromatic hydroxyl groups is 1. The number of halogens is 4. The van der Waals surface area contributed by atoms with Gasteiger partial charge in [-0.1, -0.05) is 15.9 Å². The van der Waals surface area contributed by atoms with Crippen molar-refractivity contribution < 1.29 is 23.1 Å². The molecule has 14 heavy (non-hydrogen) atoms.